The van der Waals surface area contributed by atoms with Crippen LogP contribution in [0.2, 0.25) is 0 Å². The largest absolute Gasteiger partial charge is 0.460 e. The summed E-state index contributed by atoms with van der Waals surface area (Å²) in [5.41, 5.74) is -3.37. The average molecular weight is 855 g/mol. The van der Waals surface area contributed by atoms with E-state index in [1.807, 2.05) is 13.8 Å². The van der Waals surface area contributed by atoms with Crippen molar-refractivity contribution in [3.63, 3.8) is 0 Å². The van der Waals surface area contributed by atoms with Crippen LogP contribution in [0.4, 0.5) is 0 Å². The summed E-state index contributed by atoms with van der Waals surface area (Å²) in [6, 6.07) is 0. The van der Waals surface area contributed by atoms with E-state index < -0.39 is 132 Å². The summed E-state index contributed by atoms with van der Waals surface area (Å²) in [6.45, 7) is 15.1. The van der Waals surface area contributed by atoms with Crippen LogP contribution in [-0.4, -0.2) is 151 Å². The van der Waals surface area contributed by atoms with Gasteiger partial charge in [-0.25, -0.2) is 0 Å². The van der Waals surface area contributed by atoms with E-state index in [0.29, 0.717) is 32.1 Å². The van der Waals surface area contributed by atoms with Crippen molar-refractivity contribution in [2.24, 2.45) is 56.2 Å². The number of fused-ring (bicyclic) bond motifs is 7. The topological polar surface area (TPSA) is 262 Å². The number of carbonyl (C=O) groups is 2. The lowest BCUT2D eigenvalue weighted by molar-refractivity contribution is -0.329. The van der Waals surface area contributed by atoms with Crippen molar-refractivity contribution in [2.45, 2.75) is 180 Å². The zero-order chi connectivity index (χ0) is 44.3. The second kappa shape index (κ2) is 15.7. The van der Waals surface area contributed by atoms with Gasteiger partial charge in [0.25, 0.3) is 0 Å². The first-order valence-corrected chi connectivity index (χ1v) is 21.9. The minimum atomic E-state index is -1.86. The SMILES string of the molecule is CC(=O)O[C@@H]1C[C@@]2(C)[C@H]3C=C[C@@H]4[C@H]5[C@H](O)C(C)(C)CC[C@@]5(C(=O)O[C@H]5O[C@@H](CO[C@H]6O[C@@H](CO)[C@H](O)[C@@H](O)[C@@H]6O)[C@H](O)[C@@H](O)[C@@H]5O)CC[C@]4(C)[C@]3(C)CC[C@H]2C(C)(C)[C@H]1O. The van der Waals surface area contributed by atoms with Crippen molar-refractivity contribution in [3.05, 3.63) is 12.2 Å². The van der Waals surface area contributed by atoms with Crippen LogP contribution in [0.5, 0.6) is 0 Å². The molecule has 0 aromatic carbocycles. The molecule has 7 rings (SSSR count). The van der Waals surface area contributed by atoms with Gasteiger partial charge in [0.1, 0.15) is 54.9 Å². The number of hydrogen-bond donors (Lipinski definition) is 9. The van der Waals surface area contributed by atoms with Crippen LogP contribution in [0.1, 0.15) is 100 Å². The van der Waals surface area contributed by atoms with E-state index in [9.17, 15) is 55.5 Å². The number of hydrogen-bond acceptors (Lipinski definition) is 16. The van der Waals surface area contributed by atoms with Gasteiger partial charge in [0.05, 0.1) is 30.8 Å². The molecule has 0 amide bonds. The smallest absolute Gasteiger partial charge is 0.314 e. The van der Waals surface area contributed by atoms with E-state index in [4.69, 9.17) is 23.7 Å². The van der Waals surface area contributed by atoms with Crippen LogP contribution < -0.4 is 0 Å². The molecule has 0 aromatic rings. The summed E-state index contributed by atoms with van der Waals surface area (Å²) in [4.78, 5) is 27.1. The van der Waals surface area contributed by atoms with Gasteiger partial charge in [-0.1, -0.05) is 60.6 Å². The van der Waals surface area contributed by atoms with Crippen molar-refractivity contribution in [1.82, 2.24) is 0 Å². The molecule has 0 aromatic heterocycles. The number of aliphatic hydroxyl groups excluding tert-OH is 9. The average Bonchev–Trinajstić information content (AvgIpc) is 3.17. The Morgan fingerprint density at radius 3 is 1.92 bits per heavy atom. The van der Waals surface area contributed by atoms with Gasteiger partial charge in [0, 0.05) is 12.8 Å². The maximum absolute atomic E-state index is 14.9. The first-order valence-electron chi connectivity index (χ1n) is 21.9. The fraction of sp³-hybridized carbons (Fsp3) is 0.909. The van der Waals surface area contributed by atoms with Gasteiger partial charge >= 0.3 is 11.9 Å². The van der Waals surface area contributed by atoms with Crippen molar-refractivity contribution in [1.29, 1.82) is 0 Å². The molecule has 342 valence electrons. The Bertz CT molecular complexity index is 1650. The Morgan fingerprint density at radius 1 is 0.683 bits per heavy atom. The first-order chi connectivity index (χ1) is 27.8. The molecule has 2 aliphatic heterocycles. The highest BCUT2D eigenvalue weighted by molar-refractivity contribution is 5.78. The molecule has 16 nitrogen and oxygen atoms in total. The van der Waals surface area contributed by atoms with Crippen molar-refractivity contribution >= 4 is 11.9 Å². The number of allylic oxidation sites excluding steroid dienone is 2. The van der Waals surface area contributed by atoms with Crippen LogP contribution in [0.25, 0.3) is 0 Å². The predicted molar refractivity (Wildman–Crippen MR) is 210 cm³/mol. The third-order valence-electron chi connectivity index (χ3n) is 17.7. The lowest BCUT2D eigenvalue weighted by atomic mass is 9.32. The molecule has 6 fully saturated rings. The van der Waals surface area contributed by atoms with Gasteiger partial charge in [0.2, 0.25) is 6.29 Å². The number of esters is 2. The molecule has 2 heterocycles. The summed E-state index contributed by atoms with van der Waals surface area (Å²) in [7, 11) is 0. The van der Waals surface area contributed by atoms with Crippen LogP contribution in [-0.2, 0) is 33.3 Å². The molecule has 9 N–H and O–H groups in total. The fourth-order valence-electron chi connectivity index (χ4n) is 13.9. The van der Waals surface area contributed by atoms with E-state index in [0.717, 1.165) is 12.8 Å². The second-order valence-corrected chi connectivity index (χ2v) is 21.5. The van der Waals surface area contributed by atoms with E-state index in [2.05, 4.69) is 46.8 Å². The van der Waals surface area contributed by atoms with E-state index in [1.54, 1.807) is 0 Å². The number of aliphatic hydroxyl groups is 9. The van der Waals surface area contributed by atoms with Crippen molar-refractivity contribution in [3.8, 4) is 0 Å². The van der Waals surface area contributed by atoms with Crippen LogP contribution in [0.3, 0.4) is 0 Å². The molecule has 60 heavy (non-hydrogen) atoms. The van der Waals surface area contributed by atoms with Gasteiger partial charge in [-0.05, 0) is 89.8 Å². The van der Waals surface area contributed by atoms with Crippen molar-refractivity contribution in [2.75, 3.05) is 13.2 Å². The molecule has 0 radical (unpaired) electrons. The zero-order valence-electron chi connectivity index (χ0n) is 36.2. The molecule has 16 heteroatoms. The van der Waals surface area contributed by atoms with Crippen LogP contribution in [0, 0.1) is 56.2 Å². The van der Waals surface area contributed by atoms with Crippen LogP contribution in [0.15, 0.2) is 12.2 Å². The molecule has 0 spiro atoms. The fourth-order valence-corrected chi connectivity index (χ4v) is 13.9. The zero-order valence-corrected chi connectivity index (χ0v) is 36.2. The third kappa shape index (κ3) is 6.84. The molecule has 7 aliphatic rings. The van der Waals surface area contributed by atoms with Crippen LogP contribution >= 0.6 is 0 Å². The normalized spacial score (nSPS) is 53.1. The summed E-state index contributed by atoms with van der Waals surface area (Å²) in [5.74, 6) is -1.84. The van der Waals surface area contributed by atoms with Gasteiger partial charge in [-0.3, -0.25) is 9.59 Å². The highest BCUT2D eigenvalue weighted by Crippen LogP contribution is 2.75. The Morgan fingerprint density at radius 2 is 1.28 bits per heavy atom. The Hall–Kier alpha value is -1.80. The Labute approximate surface area is 352 Å². The highest BCUT2D eigenvalue weighted by Gasteiger charge is 2.73. The maximum Gasteiger partial charge on any atom is 0.314 e. The lowest BCUT2D eigenvalue weighted by Gasteiger charge is -2.72. The van der Waals surface area contributed by atoms with Gasteiger partial charge in [0.15, 0.2) is 6.29 Å². The first kappa shape index (κ1) is 46.2. The minimum Gasteiger partial charge on any atom is -0.460 e. The molecular formula is C44H70O16. The standard InChI is InChI=1S/C44H70O16/c1-20(46)57-22-17-41(6)25(40(4,5)34(22)53)11-12-43(8)26(41)10-9-21-27-35(54)39(2,3)13-15-44(27,16-14-42(21,43)7)38(55)60-37-33(52)31(50)29(48)24(59-37)19-56-36-32(51)30(49)28(47)23(18-45)58-36/h9-10,21-37,45,47-54H,11-19H2,1-8H3/t21-,22-,23+,24+,25+,26-,27+,28+,29+,30-,31-,32+,33+,34+,35+,36+,37-,41-,42+,43-,44-/m1/s1. The van der Waals surface area contributed by atoms with E-state index in [1.165, 1.54) is 6.92 Å². The quantitative estimate of drug-likeness (QED) is 0.126. The summed E-state index contributed by atoms with van der Waals surface area (Å²) in [6.07, 6.45) is -10.4. The number of ether oxygens (including phenoxy) is 5. The third-order valence-corrected chi connectivity index (χ3v) is 17.7. The highest BCUT2D eigenvalue weighted by atomic mass is 16.7. The lowest BCUT2D eigenvalue weighted by Crippen LogP contribution is -2.70. The number of rotatable bonds is 7. The van der Waals surface area contributed by atoms with E-state index >= 15 is 0 Å². The molecular weight excluding hydrogens is 784 g/mol. The maximum atomic E-state index is 14.9. The second-order valence-electron chi connectivity index (χ2n) is 21.5. The molecule has 0 bridgehead atoms. The minimum absolute atomic E-state index is 0.0314. The molecule has 4 saturated carbocycles. The summed E-state index contributed by atoms with van der Waals surface area (Å²) < 4.78 is 28.7. The number of carbonyl (C=O) groups excluding carboxylic acids is 2. The van der Waals surface area contributed by atoms with Crippen molar-refractivity contribution < 1.29 is 79.2 Å². The van der Waals surface area contributed by atoms with Gasteiger partial charge in [-0.2, -0.15) is 0 Å². The van der Waals surface area contributed by atoms with Gasteiger partial charge < -0.3 is 69.6 Å². The summed E-state index contributed by atoms with van der Waals surface area (Å²) >= 11 is 0. The molecule has 21 atom stereocenters. The van der Waals surface area contributed by atoms with Gasteiger partial charge in [-0.15, -0.1) is 0 Å². The monoisotopic (exact) mass is 854 g/mol. The molecule has 2 saturated heterocycles. The molecule has 0 unspecified atom stereocenters. The molecule has 5 aliphatic carbocycles. The Kier molecular flexibility index (Phi) is 12.1. The predicted octanol–water partition coefficient (Wildman–Crippen LogP) is 0.685. The Balaban J connectivity index is 1.16. The van der Waals surface area contributed by atoms with E-state index in [-0.39, 0.29) is 28.6 Å². The summed E-state index contributed by atoms with van der Waals surface area (Å²) in [5, 5.41) is 97.2.